The molecule has 3 rings (SSSR count). The second-order valence-electron chi connectivity index (χ2n) is 3.91. The molecule has 0 aliphatic heterocycles. The number of fused-ring (bicyclic) bond motifs is 1. The van der Waals surface area contributed by atoms with Crippen LogP contribution >= 0.6 is 15.9 Å². The van der Waals surface area contributed by atoms with E-state index >= 15 is 0 Å². The van der Waals surface area contributed by atoms with Gasteiger partial charge in [-0.1, -0.05) is 0 Å². The van der Waals surface area contributed by atoms with Crippen LogP contribution in [0.1, 0.15) is 24.2 Å². The highest BCUT2D eigenvalue weighted by Crippen LogP contribution is 2.22. The highest BCUT2D eigenvalue weighted by molar-refractivity contribution is 9.10. The van der Waals surface area contributed by atoms with Crippen molar-refractivity contribution in [2.24, 2.45) is 0 Å². The quantitative estimate of drug-likeness (QED) is 0.752. The topological polar surface area (TPSA) is 43.6 Å². The van der Waals surface area contributed by atoms with E-state index in [-0.39, 0.29) is 0 Å². The average molecular weight is 279 g/mol. The fourth-order valence-electron chi connectivity index (χ4n) is 2.12. The third-order valence-corrected chi connectivity index (χ3v) is 3.33. The van der Waals surface area contributed by atoms with Crippen molar-refractivity contribution in [2.45, 2.75) is 25.7 Å². The summed E-state index contributed by atoms with van der Waals surface area (Å²) in [5, 5.41) is 0. The number of nitrogens with zero attached hydrogens (tertiary/aromatic N) is 4. The van der Waals surface area contributed by atoms with E-state index in [4.69, 9.17) is 0 Å². The van der Waals surface area contributed by atoms with Crippen LogP contribution in [0.3, 0.4) is 0 Å². The minimum atomic E-state index is 0.802. The van der Waals surface area contributed by atoms with Crippen LogP contribution in [0, 0.1) is 0 Å². The second kappa shape index (κ2) is 3.97. The summed E-state index contributed by atoms with van der Waals surface area (Å²) < 4.78 is 2.87. The van der Waals surface area contributed by atoms with E-state index in [0.717, 1.165) is 23.3 Å². The Bertz CT molecular complexity index is 520. The number of aromatic nitrogens is 4. The Morgan fingerprint density at radius 3 is 2.88 bits per heavy atom. The molecule has 0 amide bonds. The zero-order chi connectivity index (χ0) is 11.0. The fourth-order valence-corrected chi connectivity index (χ4v) is 2.42. The Hall–Kier alpha value is -1.23. The molecule has 0 saturated carbocycles. The van der Waals surface area contributed by atoms with Crippen LogP contribution < -0.4 is 0 Å². The van der Waals surface area contributed by atoms with Crippen LogP contribution in [-0.4, -0.2) is 19.5 Å². The largest absolute Gasteiger partial charge is 0.287 e. The van der Waals surface area contributed by atoms with Crippen LogP contribution in [-0.2, 0) is 12.8 Å². The summed E-state index contributed by atoms with van der Waals surface area (Å²) in [5.74, 6) is 0.887. The summed E-state index contributed by atoms with van der Waals surface area (Å²) in [6.07, 6.45) is 8.10. The van der Waals surface area contributed by atoms with Crippen LogP contribution in [0.4, 0.5) is 0 Å². The Morgan fingerprint density at radius 1 is 1.12 bits per heavy atom. The van der Waals surface area contributed by atoms with Gasteiger partial charge in [0.15, 0.2) is 0 Å². The molecule has 2 aromatic heterocycles. The summed E-state index contributed by atoms with van der Waals surface area (Å²) in [6.45, 7) is 0. The number of imidazole rings is 1. The number of hydrogen-bond acceptors (Lipinski definition) is 3. The van der Waals surface area contributed by atoms with Gasteiger partial charge in [0.1, 0.15) is 23.1 Å². The molecule has 82 valence electrons. The van der Waals surface area contributed by atoms with Gasteiger partial charge in [-0.15, -0.1) is 0 Å². The molecule has 0 radical (unpaired) electrons. The van der Waals surface area contributed by atoms with Crippen molar-refractivity contribution in [1.82, 2.24) is 19.5 Å². The molecule has 5 heteroatoms. The lowest BCUT2D eigenvalue weighted by Gasteiger charge is -2.13. The minimum absolute atomic E-state index is 0.802. The van der Waals surface area contributed by atoms with Crippen molar-refractivity contribution in [2.75, 3.05) is 0 Å². The number of halogens is 1. The highest BCUT2D eigenvalue weighted by atomic mass is 79.9. The van der Waals surface area contributed by atoms with E-state index in [1.165, 1.54) is 24.2 Å². The lowest BCUT2D eigenvalue weighted by molar-refractivity contribution is 0.654. The SMILES string of the molecule is Brc1cc(-n2cnc3c2CCCC3)ncn1. The van der Waals surface area contributed by atoms with Crippen LogP contribution in [0.5, 0.6) is 0 Å². The highest BCUT2D eigenvalue weighted by Gasteiger charge is 2.16. The van der Waals surface area contributed by atoms with E-state index in [1.807, 2.05) is 12.4 Å². The summed E-state index contributed by atoms with van der Waals surface area (Å²) >= 11 is 3.36. The molecule has 4 nitrogen and oxygen atoms in total. The summed E-state index contributed by atoms with van der Waals surface area (Å²) in [4.78, 5) is 12.8. The van der Waals surface area contributed by atoms with E-state index in [9.17, 15) is 0 Å². The van der Waals surface area contributed by atoms with Gasteiger partial charge >= 0.3 is 0 Å². The molecule has 0 N–H and O–H groups in total. The van der Waals surface area contributed by atoms with E-state index in [2.05, 4.69) is 35.4 Å². The summed E-state index contributed by atoms with van der Waals surface area (Å²) in [5.41, 5.74) is 2.53. The van der Waals surface area contributed by atoms with E-state index in [0.29, 0.717) is 0 Å². The number of rotatable bonds is 1. The zero-order valence-corrected chi connectivity index (χ0v) is 10.3. The van der Waals surface area contributed by atoms with Gasteiger partial charge in [0.05, 0.1) is 5.69 Å². The van der Waals surface area contributed by atoms with Crippen molar-refractivity contribution in [1.29, 1.82) is 0 Å². The first kappa shape index (κ1) is 9.96. The van der Waals surface area contributed by atoms with Gasteiger partial charge < -0.3 is 0 Å². The van der Waals surface area contributed by atoms with Gasteiger partial charge in [-0.3, -0.25) is 4.57 Å². The number of hydrogen-bond donors (Lipinski definition) is 0. The lowest BCUT2D eigenvalue weighted by Crippen LogP contribution is -2.08. The van der Waals surface area contributed by atoms with E-state index in [1.54, 1.807) is 6.33 Å². The first-order chi connectivity index (χ1) is 7.84. The molecule has 2 heterocycles. The van der Waals surface area contributed by atoms with Crippen LogP contribution in [0.25, 0.3) is 5.82 Å². The monoisotopic (exact) mass is 278 g/mol. The molecule has 0 bridgehead atoms. The summed E-state index contributed by atoms with van der Waals surface area (Å²) in [7, 11) is 0. The standard InChI is InChI=1S/C11H11BrN4/c12-10-5-11(14-6-13-10)16-7-15-8-3-1-2-4-9(8)16/h5-7H,1-4H2. The van der Waals surface area contributed by atoms with Gasteiger partial charge in [0.2, 0.25) is 0 Å². The molecule has 0 aromatic carbocycles. The molecule has 0 atom stereocenters. The van der Waals surface area contributed by atoms with Crippen molar-refractivity contribution < 1.29 is 0 Å². The average Bonchev–Trinajstić information content (AvgIpc) is 2.72. The first-order valence-electron chi connectivity index (χ1n) is 5.37. The third-order valence-electron chi connectivity index (χ3n) is 2.90. The Kier molecular flexibility index (Phi) is 2.47. The van der Waals surface area contributed by atoms with Crippen molar-refractivity contribution >= 4 is 15.9 Å². The maximum atomic E-state index is 4.45. The molecule has 0 unspecified atom stereocenters. The van der Waals surface area contributed by atoms with Crippen molar-refractivity contribution in [3.05, 3.63) is 34.7 Å². The smallest absolute Gasteiger partial charge is 0.142 e. The lowest BCUT2D eigenvalue weighted by atomic mass is 10.0. The van der Waals surface area contributed by atoms with Gasteiger partial charge in [0.25, 0.3) is 0 Å². The Balaban J connectivity index is 2.09. The molecule has 16 heavy (non-hydrogen) atoms. The predicted octanol–water partition coefficient (Wildman–Crippen LogP) is 2.30. The molecule has 2 aromatic rings. The maximum Gasteiger partial charge on any atom is 0.142 e. The summed E-state index contributed by atoms with van der Waals surface area (Å²) in [6, 6.07) is 1.91. The van der Waals surface area contributed by atoms with Gasteiger partial charge in [-0.25, -0.2) is 15.0 Å². The minimum Gasteiger partial charge on any atom is -0.287 e. The molecule has 0 saturated heterocycles. The predicted molar refractivity (Wildman–Crippen MR) is 63.5 cm³/mol. The van der Waals surface area contributed by atoms with Crippen molar-refractivity contribution in [3.63, 3.8) is 0 Å². The Morgan fingerprint density at radius 2 is 2.00 bits per heavy atom. The third kappa shape index (κ3) is 1.65. The fraction of sp³-hybridized carbons (Fsp3) is 0.364. The molecule has 1 aliphatic rings. The van der Waals surface area contributed by atoms with Crippen LogP contribution in [0.15, 0.2) is 23.3 Å². The normalized spacial score (nSPS) is 14.8. The molecule has 1 aliphatic carbocycles. The zero-order valence-electron chi connectivity index (χ0n) is 8.73. The van der Waals surface area contributed by atoms with E-state index < -0.39 is 0 Å². The molecular formula is C11H11BrN4. The van der Waals surface area contributed by atoms with Crippen LogP contribution in [0.2, 0.25) is 0 Å². The Labute approximate surface area is 102 Å². The van der Waals surface area contributed by atoms with Gasteiger partial charge in [-0.2, -0.15) is 0 Å². The number of aryl methyl sites for hydroxylation is 1. The van der Waals surface area contributed by atoms with Gasteiger partial charge in [0, 0.05) is 11.8 Å². The molecule has 0 fully saturated rings. The molecule has 0 spiro atoms. The van der Waals surface area contributed by atoms with Gasteiger partial charge in [-0.05, 0) is 41.6 Å². The van der Waals surface area contributed by atoms with Crippen molar-refractivity contribution in [3.8, 4) is 5.82 Å². The maximum absolute atomic E-state index is 4.45. The second-order valence-corrected chi connectivity index (χ2v) is 4.73. The molecular weight excluding hydrogens is 268 g/mol. The first-order valence-corrected chi connectivity index (χ1v) is 6.17.